The second kappa shape index (κ2) is 6.03. The summed E-state index contributed by atoms with van der Waals surface area (Å²) in [7, 11) is 0. The number of hydrogen-bond donors (Lipinski definition) is 2. The highest BCUT2D eigenvalue weighted by atomic mass is 16.1. The summed E-state index contributed by atoms with van der Waals surface area (Å²) in [5.41, 5.74) is 6.61. The molecule has 2 aromatic carbocycles. The smallest absolute Gasteiger partial charge is 0.279 e. The van der Waals surface area contributed by atoms with Crippen molar-refractivity contribution in [3.8, 4) is 11.8 Å². The Morgan fingerprint density at radius 3 is 2.26 bits per heavy atom. The number of nitrogens with one attached hydrogen (secondary N) is 1. The van der Waals surface area contributed by atoms with Crippen molar-refractivity contribution in [1.82, 2.24) is 9.55 Å². The fourth-order valence-corrected chi connectivity index (χ4v) is 2.21. The van der Waals surface area contributed by atoms with Gasteiger partial charge in [0.2, 0.25) is 5.95 Å². The Balaban J connectivity index is 2.15. The zero-order chi connectivity index (χ0) is 16.2. The summed E-state index contributed by atoms with van der Waals surface area (Å²) in [5.74, 6) is 0.159. The second-order valence-corrected chi connectivity index (χ2v) is 4.77. The van der Waals surface area contributed by atoms with E-state index in [9.17, 15) is 10.1 Å². The van der Waals surface area contributed by atoms with E-state index < -0.39 is 5.56 Å². The number of benzene rings is 2. The summed E-state index contributed by atoms with van der Waals surface area (Å²) in [6.45, 7) is 0. The largest absolute Gasteiger partial charge is 0.369 e. The van der Waals surface area contributed by atoms with Gasteiger partial charge in [0.15, 0.2) is 11.4 Å². The van der Waals surface area contributed by atoms with Crippen LogP contribution in [0.1, 0.15) is 5.56 Å². The molecule has 6 nitrogen and oxygen atoms in total. The van der Waals surface area contributed by atoms with Crippen molar-refractivity contribution in [2.75, 3.05) is 11.1 Å². The van der Waals surface area contributed by atoms with Gasteiger partial charge in [0, 0.05) is 5.69 Å². The minimum atomic E-state index is -0.510. The highest BCUT2D eigenvalue weighted by Gasteiger charge is 2.16. The lowest BCUT2D eigenvalue weighted by atomic mass is 10.2. The summed E-state index contributed by atoms with van der Waals surface area (Å²) >= 11 is 0. The van der Waals surface area contributed by atoms with Crippen molar-refractivity contribution < 1.29 is 0 Å². The lowest BCUT2D eigenvalue weighted by Gasteiger charge is -2.13. The van der Waals surface area contributed by atoms with E-state index in [2.05, 4.69) is 10.3 Å². The summed E-state index contributed by atoms with van der Waals surface area (Å²) in [4.78, 5) is 16.8. The number of nitriles is 1. The molecule has 1 heterocycles. The predicted octanol–water partition coefficient (Wildman–Crippen LogP) is 2.43. The van der Waals surface area contributed by atoms with Crippen LogP contribution < -0.4 is 16.6 Å². The van der Waals surface area contributed by atoms with Gasteiger partial charge in [0.1, 0.15) is 6.07 Å². The number of nitrogens with zero attached hydrogens (tertiary/aromatic N) is 3. The van der Waals surface area contributed by atoms with Gasteiger partial charge in [-0.25, -0.2) is 4.57 Å². The quantitative estimate of drug-likeness (QED) is 0.774. The molecule has 1 aromatic heterocycles. The van der Waals surface area contributed by atoms with E-state index in [1.54, 1.807) is 24.3 Å². The van der Waals surface area contributed by atoms with Crippen LogP contribution in [0, 0.1) is 11.3 Å². The zero-order valence-corrected chi connectivity index (χ0v) is 12.1. The molecule has 0 aliphatic carbocycles. The average Bonchev–Trinajstić information content (AvgIpc) is 2.57. The maximum atomic E-state index is 12.6. The van der Waals surface area contributed by atoms with Crippen LogP contribution in [0.25, 0.3) is 5.69 Å². The van der Waals surface area contributed by atoms with E-state index in [0.29, 0.717) is 11.4 Å². The Kier molecular flexibility index (Phi) is 3.77. The first-order valence-corrected chi connectivity index (χ1v) is 6.91. The molecule has 0 amide bonds. The van der Waals surface area contributed by atoms with E-state index in [1.165, 1.54) is 4.57 Å². The van der Waals surface area contributed by atoms with Crippen molar-refractivity contribution in [2.45, 2.75) is 0 Å². The molecule has 0 radical (unpaired) electrons. The van der Waals surface area contributed by atoms with Gasteiger partial charge >= 0.3 is 0 Å². The van der Waals surface area contributed by atoms with Crippen LogP contribution in [-0.2, 0) is 0 Å². The molecule has 0 bridgehead atoms. The monoisotopic (exact) mass is 303 g/mol. The van der Waals surface area contributed by atoms with Crippen LogP contribution >= 0.6 is 0 Å². The van der Waals surface area contributed by atoms with Gasteiger partial charge in [-0.05, 0) is 24.3 Å². The first kappa shape index (κ1) is 14.4. The molecule has 0 atom stereocenters. The molecule has 0 spiro atoms. The van der Waals surface area contributed by atoms with Crippen LogP contribution in [0.5, 0.6) is 0 Å². The third-order valence-corrected chi connectivity index (χ3v) is 3.27. The maximum absolute atomic E-state index is 12.6. The van der Waals surface area contributed by atoms with E-state index >= 15 is 0 Å². The van der Waals surface area contributed by atoms with Gasteiger partial charge in [-0.3, -0.25) is 4.79 Å². The number of hydrogen-bond acceptors (Lipinski definition) is 5. The van der Waals surface area contributed by atoms with Gasteiger partial charge in [-0.15, -0.1) is 0 Å². The molecule has 3 aromatic rings. The molecule has 0 aliphatic rings. The Labute approximate surface area is 132 Å². The second-order valence-electron chi connectivity index (χ2n) is 4.77. The average molecular weight is 303 g/mol. The van der Waals surface area contributed by atoms with Gasteiger partial charge in [-0.1, -0.05) is 36.4 Å². The topological polar surface area (TPSA) is 96.7 Å². The van der Waals surface area contributed by atoms with Gasteiger partial charge in [-0.2, -0.15) is 10.2 Å². The zero-order valence-electron chi connectivity index (χ0n) is 12.1. The van der Waals surface area contributed by atoms with E-state index in [0.717, 1.165) is 0 Å². The van der Waals surface area contributed by atoms with Gasteiger partial charge in [0.05, 0.1) is 5.69 Å². The lowest BCUT2D eigenvalue weighted by Crippen LogP contribution is -2.26. The van der Waals surface area contributed by atoms with Crippen LogP contribution in [0.3, 0.4) is 0 Å². The van der Waals surface area contributed by atoms with E-state index in [4.69, 9.17) is 5.73 Å². The molecule has 23 heavy (non-hydrogen) atoms. The summed E-state index contributed by atoms with van der Waals surface area (Å²) < 4.78 is 1.22. The van der Waals surface area contributed by atoms with Crippen molar-refractivity contribution in [3.05, 3.63) is 76.6 Å². The molecule has 112 valence electrons. The first-order valence-electron chi connectivity index (χ1n) is 6.91. The number of rotatable bonds is 3. The molecule has 6 heteroatoms. The number of nitrogen functional groups attached to an aromatic ring is 1. The molecular formula is C17H13N5O. The third kappa shape index (κ3) is 2.76. The Bertz CT molecular complexity index is 927. The number of para-hydroxylation sites is 2. The summed E-state index contributed by atoms with van der Waals surface area (Å²) in [6.07, 6.45) is 0. The van der Waals surface area contributed by atoms with Gasteiger partial charge in [0.25, 0.3) is 5.56 Å². The summed E-state index contributed by atoms with van der Waals surface area (Å²) in [6, 6.07) is 19.9. The SMILES string of the molecule is N#Cc1c(Nc2ccccc2)nc(N)n(-c2ccccc2)c1=O. The molecule has 0 unspecified atom stereocenters. The normalized spacial score (nSPS) is 10.0. The van der Waals surface area contributed by atoms with E-state index in [1.807, 2.05) is 42.5 Å². The minimum Gasteiger partial charge on any atom is -0.369 e. The van der Waals surface area contributed by atoms with E-state index in [-0.39, 0.29) is 17.3 Å². The maximum Gasteiger partial charge on any atom is 0.279 e. The third-order valence-electron chi connectivity index (χ3n) is 3.27. The Hall–Kier alpha value is -3.59. The van der Waals surface area contributed by atoms with Crippen molar-refractivity contribution in [3.63, 3.8) is 0 Å². The highest BCUT2D eigenvalue weighted by Crippen LogP contribution is 2.18. The lowest BCUT2D eigenvalue weighted by molar-refractivity contribution is 0.950. The number of nitrogens with two attached hydrogens (primary N) is 1. The summed E-state index contributed by atoms with van der Waals surface area (Å²) in [5, 5.41) is 12.3. The molecule has 3 rings (SSSR count). The Morgan fingerprint density at radius 1 is 1.04 bits per heavy atom. The van der Waals surface area contributed by atoms with Gasteiger partial charge < -0.3 is 11.1 Å². The molecule has 0 aliphatic heterocycles. The Morgan fingerprint density at radius 2 is 1.65 bits per heavy atom. The van der Waals surface area contributed by atoms with Crippen LogP contribution in [0.15, 0.2) is 65.5 Å². The molecule has 3 N–H and O–H groups in total. The fourth-order valence-electron chi connectivity index (χ4n) is 2.21. The van der Waals surface area contributed by atoms with Crippen molar-refractivity contribution in [2.24, 2.45) is 0 Å². The van der Waals surface area contributed by atoms with Crippen molar-refractivity contribution >= 4 is 17.5 Å². The molecule has 0 saturated heterocycles. The molecular weight excluding hydrogens is 290 g/mol. The number of aromatic nitrogens is 2. The molecule has 0 saturated carbocycles. The highest BCUT2D eigenvalue weighted by molar-refractivity contribution is 5.64. The van der Waals surface area contributed by atoms with Crippen molar-refractivity contribution in [1.29, 1.82) is 5.26 Å². The van der Waals surface area contributed by atoms with Crippen LogP contribution in [0.2, 0.25) is 0 Å². The first-order chi connectivity index (χ1) is 11.2. The standard InChI is InChI=1S/C17H13N5O/c18-11-14-15(20-12-7-3-1-4-8-12)21-17(19)22(16(14)23)13-9-5-2-6-10-13/h1-10,20H,(H2,19,21). The number of anilines is 3. The van der Waals surface area contributed by atoms with Crippen LogP contribution in [0.4, 0.5) is 17.5 Å². The minimum absolute atomic E-state index is 0.0126. The predicted molar refractivity (Wildman–Crippen MR) is 88.7 cm³/mol. The fraction of sp³-hybridized carbons (Fsp3) is 0. The molecule has 0 fully saturated rings. The van der Waals surface area contributed by atoms with Crippen LogP contribution in [-0.4, -0.2) is 9.55 Å².